The first kappa shape index (κ1) is 19.5. The van der Waals surface area contributed by atoms with Gasteiger partial charge in [0.1, 0.15) is 0 Å². The topological polar surface area (TPSA) is 84.0 Å². The molecule has 0 bridgehead atoms. The van der Waals surface area contributed by atoms with E-state index in [4.69, 9.17) is 11.6 Å². The number of Topliss-reactive ketones (excluding diaryl/α,β-unsaturated/α-hetero) is 1. The van der Waals surface area contributed by atoms with Gasteiger partial charge < -0.3 is 10.6 Å². The fourth-order valence-electron chi connectivity index (χ4n) is 2.68. The van der Waals surface area contributed by atoms with Gasteiger partial charge in [0, 0.05) is 28.2 Å². The van der Waals surface area contributed by atoms with E-state index < -0.39 is 0 Å². The second-order valence-electron chi connectivity index (χ2n) is 6.39. The zero-order valence-corrected chi connectivity index (χ0v) is 16.5. The van der Waals surface area contributed by atoms with Gasteiger partial charge in [-0.05, 0) is 63.2 Å². The average molecular weight is 395 g/mol. The molecule has 0 atom stereocenters. The third-order valence-corrected chi connectivity index (χ3v) is 4.31. The maximum atomic E-state index is 12.6. The van der Waals surface area contributed by atoms with Gasteiger partial charge in [-0.1, -0.05) is 17.7 Å². The molecule has 2 aromatic carbocycles. The van der Waals surface area contributed by atoms with Crippen molar-refractivity contribution >= 4 is 40.6 Å². The standard InChI is InChI=1S/C21H19ClN4O2/c1-12-9-13(2)24-21(23-12)25-17-6-4-5-16(10-17)20(28)26-19-11-15(14(3)27)7-8-18(19)22/h4-11H,1-3H3,(H,26,28)(H,23,24,25). The molecule has 1 heterocycles. The summed E-state index contributed by atoms with van der Waals surface area (Å²) in [4.78, 5) is 32.9. The van der Waals surface area contributed by atoms with E-state index in [1.807, 2.05) is 26.0 Å². The van der Waals surface area contributed by atoms with E-state index in [9.17, 15) is 9.59 Å². The highest BCUT2D eigenvalue weighted by atomic mass is 35.5. The zero-order chi connectivity index (χ0) is 20.3. The van der Waals surface area contributed by atoms with E-state index in [-0.39, 0.29) is 11.7 Å². The number of hydrogen-bond acceptors (Lipinski definition) is 5. The predicted molar refractivity (Wildman–Crippen MR) is 111 cm³/mol. The summed E-state index contributed by atoms with van der Waals surface area (Å²) in [6.07, 6.45) is 0. The molecule has 0 unspecified atom stereocenters. The van der Waals surface area contributed by atoms with Crippen LogP contribution >= 0.6 is 11.6 Å². The highest BCUT2D eigenvalue weighted by Crippen LogP contribution is 2.24. The van der Waals surface area contributed by atoms with Crippen molar-refractivity contribution in [3.8, 4) is 0 Å². The Morgan fingerprint density at radius 1 is 0.929 bits per heavy atom. The minimum absolute atomic E-state index is 0.105. The van der Waals surface area contributed by atoms with E-state index in [2.05, 4.69) is 20.6 Å². The summed E-state index contributed by atoms with van der Waals surface area (Å²) in [5.74, 6) is 0.0201. The Morgan fingerprint density at radius 2 is 1.64 bits per heavy atom. The number of aryl methyl sites for hydroxylation is 2. The van der Waals surface area contributed by atoms with Crippen LogP contribution in [0.2, 0.25) is 5.02 Å². The summed E-state index contributed by atoms with van der Waals surface area (Å²) >= 11 is 6.15. The molecule has 1 amide bonds. The Balaban J connectivity index is 1.81. The number of ketones is 1. The number of halogens is 1. The lowest BCUT2D eigenvalue weighted by Crippen LogP contribution is -2.13. The van der Waals surface area contributed by atoms with Crippen LogP contribution < -0.4 is 10.6 Å². The third kappa shape index (κ3) is 4.72. The molecule has 0 radical (unpaired) electrons. The summed E-state index contributed by atoms with van der Waals surface area (Å²) in [5, 5.41) is 6.21. The fraction of sp³-hybridized carbons (Fsp3) is 0.143. The Bertz CT molecular complexity index is 1050. The van der Waals surface area contributed by atoms with E-state index in [0.717, 1.165) is 11.4 Å². The summed E-state index contributed by atoms with van der Waals surface area (Å²) in [6.45, 7) is 5.24. The molecule has 2 N–H and O–H groups in total. The van der Waals surface area contributed by atoms with Crippen LogP contribution in [0.25, 0.3) is 0 Å². The van der Waals surface area contributed by atoms with Crippen molar-refractivity contribution in [1.82, 2.24) is 9.97 Å². The van der Waals surface area contributed by atoms with Crippen molar-refractivity contribution in [1.29, 1.82) is 0 Å². The van der Waals surface area contributed by atoms with Crippen molar-refractivity contribution in [2.45, 2.75) is 20.8 Å². The van der Waals surface area contributed by atoms with Crippen LogP contribution in [0.4, 0.5) is 17.3 Å². The molecule has 0 spiro atoms. The molecule has 3 rings (SSSR count). The number of aromatic nitrogens is 2. The summed E-state index contributed by atoms with van der Waals surface area (Å²) in [7, 11) is 0. The van der Waals surface area contributed by atoms with Gasteiger partial charge in [0.25, 0.3) is 5.91 Å². The molecule has 0 aliphatic rings. The summed E-state index contributed by atoms with van der Waals surface area (Å²) < 4.78 is 0. The predicted octanol–water partition coefficient (Wildman–Crippen LogP) is 4.95. The number of carbonyl (C=O) groups is 2. The molecule has 0 saturated carbocycles. The molecule has 0 aliphatic heterocycles. The summed E-state index contributed by atoms with van der Waals surface area (Å²) in [5.41, 5.74) is 3.67. The van der Waals surface area contributed by atoms with Gasteiger partial charge in [-0.3, -0.25) is 9.59 Å². The monoisotopic (exact) mass is 394 g/mol. The van der Waals surface area contributed by atoms with Crippen LogP contribution in [0, 0.1) is 13.8 Å². The Labute approximate surface area is 168 Å². The zero-order valence-electron chi connectivity index (χ0n) is 15.7. The molecular weight excluding hydrogens is 376 g/mol. The lowest BCUT2D eigenvalue weighted by molar-refractivity contribution is 0.101. The van der Waals surface area contributed by atoms with Gasteiger partial charge >= 0.3 is 0 Å². The van der Waals surface area contributed by atoms with E-state index in [1.54, 1.807) is 36.4 Å². The van der Waals surface area contributed by atoms with E-state index in [1.165, 1.54) is 6.92 Å². The largest absolute Gasteiger partial charge is 0.324 e. The number of anilines is 3. The van der Waals surface area contributed by atoms with Gasteiger partial charge in [-0.2, -0.15) is 0 Å². The van der Waals surface area contributed by atoms with Crippen LogP contribution in [0.15, 0.2) is 48.5 Å². The number of carbonyl (C=O) groups excluding carboxylic acids is 2. The Morgan fingerprint density at radius 3 is 2.32 bits per heavy atom. The number of nitrogens with zero attached hydrogens (tertiary/aromatic N) is 2. The molecular formula is C21H19ClN4O2. The number of rotatable bonds is 5. The molecule has 3 aromatic rings. The quantitative estimate of drug-likeness (QED) is 0.598. The first-order valence-electron chi connectivity index (χ1n) is 8.63. The van der Waals surface area contributed by atoms with Crippen molar-refractivity contribution in [3.63, 3.8) is 0 Å². The van der Waals surface area contributed by atoms with Gasteiger partial charge in [0.15, 0.2) is 5.78 Å². The van der Waals surface area contributed by atoms with Crippen molar-refractivity contribution in [3.05, 3.63) is 76.1 Å². The van der Waals surface area contributed by atoms with Crippen LogP contribution in [0.1, 0.15) is 39.0 Å². The van der Waals surface area contributed by atoms with Crippen LogP contribution in [-0.2, 0) is 0 Å². The maximum Gasteiger partial charge on any atom is 0.255 e. The molecule has 7 heteroatoms. The van der Waals surface area contributed by atoms with Gasteiger partial charge in [0.05, 0.1) is 10.7 Å². The lowest BCUT2D eigenvalue weighted by Gasteiger charge is -2.11. The minimum Gasteiger partial charge on any atom is -0.324 e. The van der Waals surface area contributed by atoms with Gasteiger partial charge in [-0.15, -0.1) is 0 Å². The Kier molecular flexibility index (Phi) is 5.70. The molecule has 142 valence electrons. The second-order valence-corrected chi connectivity index (χ2v) is 6.79. The van der Waals surface area contributed by atoms with Gasteiger partial charge in [0.2, 0.25) is 5.95 Å². The highest BCUT2D eigenvalue weighted by molar-refractivity contribution is 6.34. The van der Waals surface area contributed by atoms with Crippen LogP contribution in [0.3, 0.4) is 0 Å². The first-order chi connectivity index (χ1) is 13.3. The molecule has 28 heavy (non-hydrogen) atoms. The van der Waals surface area contributed by atoms with Crippen LogP contribution in [-0.4, -0.2) is 21.7 Å². The smallest absolute Gasteiger partial charge is 0.255 e. The number of amides is 1. The van der Waals surface area contributed by atoms with Crippen molar-refractivity contribution < 1.29 is 9.59 Å². The Hall–Kier alpha value is -3.25. The lowest BCUT2D eigenvalue weighted by atomic mass is 10.1. The third-order valence-electron chi connectivity index (χ3n) is 3.98. The highest BCUT2D eigenvalue weighted by Gasteiger charge is 2.12. The van der Waals surface area contributed by atoms with E-state index >= 15 is 0 Å². The normalized spacial score (nSPS) is 10.4. The van der Waals surface area contributed by atoms with Crippen molar-refractivity contribution in [2.24, 2.45) is 0 Å². The van der Waals surface area contributed by atoms with Gasteiger partial charge in [-0.25, -0.2) is 9.97 Å². The molecule has 0 fully saturated rings. The van der Waals surface area contributed by atoms with Crippen LogP contribution in [0.5, 0.6) is 0 Å². The first-order valence-corrected chi connectivity index (χ1v) is 9.01. The number of hydrogen-bond donors (Lipinski definition) is 2. The molecule has 1 aromatic heterocycles. The van der Waals surface area contributed by atoms with E-state index in [0.29, 0.717) is 33.5 Å². The number of nitrogens with one attached hydrogen (secondary N) is 2. The molecule has 6 nitrogen and oxygen atoms in total. The second kappa shape index (κ2) is 8.19. The fourth-order valence-corrected chi connectivity index (χ4v) is 2.85. The number of benzene rings is 2. The average Bonchev–Trinajstić information content (AvgIpc) is 2.62. The SMILES string of the molecule is CC(=O)c1ccc(Cl)c(NC(=O)c2cccc(Nc3nc(C)cc(C)n3)c2)c1. The molecule has 0 aliphatic carbocycles. The maximum absolute atomic E-state index is 12.6. The van der Waals surface area contributed by atoms with Crippen molar-refractivity contribution in [2.75, 3.05) is 10.6 Å². The molecule has 0 saturated heterocycles. The minimum atomic E-state index is -0.340. The summed E-state index contributed by atoms with van der Waals surface area (Å²) in [6, 6.07) is 13.6.